The maximum atomic E-state index is 13.2. The average molecular weight is 199 g/mol. The molecule has 0 saturated carbocycles. The first kappa shape index (κ1) is 10.9. The monoisotopic (exact) mass is 199 g/mol. The minimum atomic E-state index is -0.643. The summed E-state index contributed by atoms with van der Waals surface area (Å²) in [6.45, 7) is 1.48. The summed E-state index contributed by atoms with van der Waals surface area (Å²) in [5.74, 6) is -1.05. The van der Waals surface area contributed by atoms with Crippen molar-refractivity contribution < 1.29 is 14.6 Å². The minimum absolute atomic E-state index is 0.0872. The summed E-state index contributed by atoms with van der Waals surface area (Å²) in [5.41, 5.74) is 6.35. The zero-order valence-electron chi connectivity index (χ0n) is 8.00. The number of aliphatic hydroxyl groups excluding tert-OH is 1. The Morgan fingerprint density at radius 3 is 2.71 bits per heavy atom. The Labute approximate surface area is 82.0 Å². The van der Waals surface area contributed by atoms with E-state index in [1.807, 2.05) is 0 Å². The molecule has 0 radical (unpaired) electrons. The molecule has 3 nitrogen and oxygen atoms in total. The van der Waals surface area contributed by atoms with E-state index in [0.717, 1.165) is 0 Å². The van der Waals surface area contributed by atoms with E-state index in [-0.39, 0.29) is 6.61 Å². The van der Waals surface area contributed by atoms with Gasteiger partial charge in [0.25, 0.3) is 0 Å². The van der Waals surface area contributed by atoms with Gasteiger partial charge >= 0.3 is 0 Å². The summed E-state index contributed by atoms with van der Waals surface area (Å²) >= 11 is 0. The van der Waals surface area contributed by atoms with Gasteiger partial charge < -0.3 is 15.9 Å². The summed E-state index contributed by atoms with van der Waals surface area (Å²) in [7, 11) is 0. The SMILES string of the molecule is Cc1ccc([C@H](N)CCO)c(O)c1F. The molecule has 0 unspecified atom stereocenters. The van der Waals surface area contributed by atoms with Crippen LogP contribution in [0.4, 0.5) is 4.39 Å². The third-order valence-electron chi connectivity index (χ3n) is 2.18. The number of phenols is 1. The summed E-state index contributed by atoms with van der Waals surface area (Å²) < 4.78 is 13.2. The Bertz CT molecular complexity index is 328. The summed E-state index contributed by atoms with van der Waals surface area (Å²) in [6, 6.07) is 2.60. The summed E-state index contributed by atoms with van der Waals surface area (Å²) in [4.78, 5) is 0. The Kier molecular flexibility index (Phi) is 3.43. The number of aromatic hydroxyl groups is 1. The average Bonchev–Trinajstić information content (AvgIpc) is 2.15. The molecular weight excluding hydrogens is 185 g/mol. The molecule has 4 heteroatoms. The van der Waals surface area contributed by atoms with E-state index < -0.39 is 17.6 Å². The number of halogens is 1. The van der Waals surface area contributed by atoms with Crippen LogP contribution in [-0.4, -0.2) is 16.8 Å². The summed E-state index contributed by atoms with van der Waals surface area (Å²) in [5, 5.41) is 18.1. The Balaban J connectivity index is 3.04. The van der Waals surface area contributed by atoms with Crippen LogP contribution in [-0.2, 0) is 0 Å². The van der Waals surface area contributed by atoms with Crippen LogP contribution >= 0.6 is 0 Å². The van der Waals surface area contributed by atoms with Crippen LogP contribution in [0.1, 0.15) is 23.6 Å². The van der Waals surface area contributed by atoms with Crippen molar-refractivity contribution in [2.45, 2.75) is 19.4 Å². The minimum Gasteiger partial charge on any atom is -0.505 e. The molecular formula is C10H14FNO2. The van der Waals surface area contributed by atoms with Crippen LogP contribution in [0.2, 0.25) is 0 Å². The van der Waals surface area contributed by atoms with Crippen LogP contribution in [0.5, 0.6) is 5.75 Å². The maximum Gasteiger partial charge on any atom is 0.168 e. The van der Waals surface area contributed by atoms with Crippen molar-refractivity contribution in [2.75, 3.05) is 6.61 Å². The lowest BCUT2D eigenvalue weighted by Crippen LogP contribution is -2.12. The van der Waals surface area contributed by atoms with E-state index in [9.17, 15) is 9.50 Å². The molecule has 0 fully saturated rings. The molecule has 0 saturated heterocycles. The number of rotatable bonds is 3. The largest absolute Gasteiger partial charge is 0.505 e. The molecule has 0 aliphatic heterocycles. The second-order valence-corrected chi connectivity index (χ2v) is 3.25. The second kappa shape index (κ2) is 4.39. The van der Waals surface area contributed by atoms with Gasteiger partial charge in [0, 0.05) is 18.2 Å². The third kappa shape index (κ3) is 2.02. The quantitative estimate of drug-likeness (QED) is 0.685. The molecule has 0 aliphatic rings. The molecule has 1 atom stereocenters. The van der Waals surface area contributed by atoms with Gasteiger partial charge in [-0.1, -0.05) is 12.1 Å². The van der Waals surface area contributed by atoms with Crippen LogP contribution in [0.25, 0.3) is 0 Å². The van der Waals surface area contributed by atoms with Crippen LogP contribution < -0.4 is 5.73 Å². The van der Waals surface area contributed by atoms with Crippen molar-refractivity contribution in [3.63, 3.8) is 0 Å². The fraction of sp³-hybridized carbons (Fsp3) is 0.400. The molecule has 4 N–H and O–H groups in total. The van der Waals surface area contributed by atoms with Gasteiger partial charge in [-0.25, -0.2) is 4.39 Å². The Hall–Kier alpha value is -1.13. The number of hydrogen-bond donors (Lipinski definition) is 3. The number of benzene rings is 1. The van der Waals surface area contributed by atoms with E-state index in [4.69, 9.17) is 10.8 Å². The first-order valence-corrected chi connectivity index (χ1v) is 4.42. The van der Waals surface area contributed by atoms with Gasteiger partial charge in [-0.3, -0.25) is 0 Å². The van der Waals surface area contributed by atoms with Gasteiger partial charge in [-0.2, -0.15) is 0 Å². The number of hydrogen-bond acceptors (Lipinski definition) is 3. The van der Waals surface area contributed by atoms with E-state index >= 15 is 0 Å². The summed E-state index contributed by atoms with van der Waals surface area (Å²) in [6.07, 6.45) is 0.302. The van der Waals surface area contributed by atoms with Crippen molar-refractivity contribution in [3.8, 4) is 5.75 Å². The number of aliphatic hydroxyl groups is 1. The molecule has 78 valence electrons. The standard InChI is InChI=1S/C10H14FNO2/c1-6-2-3-7(8(12)4-5-13)10(14)9(6)11/h2-3,8,13-14H,4-5,12H2,1H3/t8-/m1/s1. The van der Waals surface area contributed by atoms with Crippen LogP contribution in [0, 0.1) is 12.7 Å². The zero-order valence-corrected chi connectivity index (χ0v) is 8.00. The molecule has 1 aromatic rings. The Morgan fingerprint density at radius 1 is 1.50 bits per heavy atom. The zero-order chi connectivity index (χ0) is 10.7. The van der Waals surface area contributed by atoms with Crippen molar-refractivity contribution in [1.82, 2.24) is 0 Å². The molecule has 1 aromatic carbocycles. The molecule has 0 bridgehead atoms. The maximum absolute atomic E-state index is 13.2. The molecule has 1 rings (SSSR count). The predicted molar refractivity (Wildman–Crippen MR) is 51.4 cm³/mol. The lowest BCUT2D eigenvalue weighted by molar-refractivity contribution is 0.275. The smallest absolute Gasteiger partial charge is 0.168 e. The number of nitrogens with two attached hydrogens (primary N) is 1. The highest BCUT2D eigenvalue weighted by molar-refractivity contribution is 5.39. The number of aryl methyl sites for hydroxylation is 1. The molecule has 0 aliphatic carbocycles. The first-order valence-electron chi connectivity index (χ1n) is 4.42. The molecule has 0 spiro atoms. The highest BCUT2D eigenvalue weighted by Crippen LogP contribution is 2.29. The highest BCUT2D eigenvalue weighted by atomic mass is 19.1. The van der Waals surface area contributed by atoms with E-state index in [2.05, 4.69) is 0 Å². The predicted octanol–water partition coefficient (Wildman–Crippen LogP) is 1.22. The lowest BCUT2D eigenvalue weighted by Gasteiger charge is -2.13. The van der Waals surface area contributed by atoms with Crippen LogP contribution in [0.15, 0.2) is 12.1 Å². The molecule has 14 heavy (non-hydrogen) atoms. The van der Waals surface area contributed by atoms with Gasteiger partial charge in [0.15, 0.2) is 11.6 Å². The van der Waals surface area contributed by atoms with Crippen molar-refractivity contribution in [1.29, 1.82) is 0 Å². The molecule has 0 amide bonds. The molecule has 0 heterocycles. The fourth-order valence-electron chi connectivity index (χ4n) is 1.27. The van der Waals surface area contributed by atoms with Gasteiger partial charge in [0.1, 0.15) is 0 Å². The van der Waals surface area contributed by atoms with E-state index in [1.165, 1.54) is 0 Å². The van der Waals surface area contributed by atoms with Gasteiger partial charge in [0.2, 0.25) is 0 Å². The highest BCUT2D eigenvalue weighted by Gasteiger charge is 2.15. The van der Waals surface area contributed by atoms with Crippen molar-refractivity contribution in [3.05, 3.63) is 29.1 Å². The topological polar surface area (TPSA) is 66.5 Å². The van der Waals surface area contributed by atoms with Gasteiger partial charge in [-0.15, -0.1) is 0 Å². The van der Waals surface area contributed by atoms with Gasteiger partial charge in [-0.05, 0) is 18.9 Å². The van der Waals surface area contributed by atoms with Crippen molar-refractivity contribution in [2.24, 2.45) is 5.73 Å². The van der Waals surface area contributed by atoms with Crippen molar-refractivity contribution >= 4 is 0 Å². The lowest BCUT2D eigenvalue weighted by atomic mass is 10.0. The fourth-order valence-corrected chi connectivity index (χ4v) is 1.27. The second-order valence-electron chi connectivity index (χ2n) is 3.25. The first-order chi connectivity index (χ1) is 6.57. The van der Waals surface area contributed by atoms with E-state index in [0.29, 0.717) is 17.5 Å². The normalized spacial score (nSPS) is 12.9. The molecule has 0 aromatic heterocycles. The third-order valence-corrected chi connectivity index (χ3v) is 2.18. The number of phenolic OH excluding ortho intramolecular Hbond substituents is 1. The Morgan fingerprint density at radius 2 is 2.14 bits per heavy atom. The van der Waals surface area contributed by atoms with Crippen LogP contribution in [0.3, 0.4) is 0 Å². The van der Waals surface area contributed by atoms with Gasteiger partial charge in [0.05, 0.1) is 0 Å². The van der Waals surface area contributed by atoms with E-state index in [1.54, 1.807) is 19.1 Å².